The third-order valence-corrected chi connectivity index (χ3v) is 2.85. The first-order chi connectivity index (χ1) is 10.2. The van der Waals surface area contributed by atoms with Crippen molar-refractivity contribution in [3.05, 3.63) is 72.4 Å². The Morgan fingerprint density at radius 1 is 1.10 bits per heavy atom. The molecule has 2 aromatic rings. The van der Waals surface area contributed by atoms with Crippen LogP contribution in [0.5, 0.6) is 0 Å². The van der Waals surface area contributed by atoms with Crippen molar-refractivity contribution < 1.29 is 14.7 Å². The zero-order valence-electron chi connectivity index (χ0n) is 11.8. The summed E-state index contributed by atoms with van der Waals surface area (Å²) in [5, 5.41) is 11.0. The van der Waals surface area contributed by atoms with Gasteiger partial charge in [-0.2, -0.15) is 0 Å². The number of benzene rings is 2. The van der Waals surface area contributed by atoms with Gasteiger partial charge in [0, 0.05) is 6.20 Å². The van der Waals surface area contributed by atoms with Crippen LogP contribution in [0.2, 0.25) is 0 Å². The van der Waals surface area contributed by atoms with Crippen molar-refractivity contribution in [2.75, 3.05) is 11.7 Å². The van der Waals surface area contributed by atoms with Gasteiger partial charge in [0.2, 0.25) is 0 Å². The normalized spacial score (nSPS) is 11.0. The monoisotopic (exact) mass is 283 g/mol. The van der Waals surface area contributed by atoms with Crippen molar-refractivity contribution in [3.63, 3.8) is 0 Å². The fraction of sp³-hybridized carbons (Fsp3) is 0.118. The molecule has 4 heteroatoms. The highest BCUT2D eigenvalue weighted by Gasteiger charge is 2.15. The first-order valence-corrected chi connectivity index (χ1v) is 6.70. The molecule has 2 rings (SSSR count). The standard InChI is InChI=1S/C17H17NO3/c1-2-21-17(19)16(14-9-5-3-6-10-14)13-18(20)15-11-7-4-8-12-15/h3-13,20H,2H2,1H3. The van der Waals surface area contributed by atoms with Gasteiger partial charge >= 0.3 is 5.97 Å². The maximum Gasteiger partial charge on any atom is 0.340 e. The number of anilines is 1. The summed E-state index contributed by atoms with van der Waals surface area (Å²) in [6.45, 7) is 2.02. The van der Waals surface area contributed by atoms with Gasteiger partial charge in [-0.3, -0.25) is 5.21 Å². The van der Waals surface area contributed by atoms with E-state index in [-0.39, 0.29) is 6.61 Å². The van der Waals surface area contributed by atoms with E-state index in [1.807, 2.05) is 24.3 Å². The SMILES string of the molecule is CCOC(=O)C(=CN(O)c1ccccc1)c1ccccc1. The molecule has 0 unspecified atom stereocenters. The number of hydrogen-bond donors (Lipinski definition) is 1. The van der Waals surface area contributed by atoms with Crippen LogP contribution in [0, 0.1) is 0 Å². The Kier molecular flexibility index (Phi) is 5.12. The molecule has 0 amide bonds. The highest BCUT2D eigenvalue weighted by Crippen LogP contribution is 2.19. The van der Waals surface area contributed by atoms with Crippen LogP contribution in [-0.4, -0.2) is 17.8 Å². The van der Waals surface area contributed by atoms with E-state index in [4.69, 9.17) is 4.74 Å². The molecule has 0 radical (unpaired) electrons. The van der Waals surface area contributed by atoms with E-state index in [1.54, 1.807) is 43.3 Å². The first kappa shape index (κ1) is 14.8. The van der Waals surface area contributed by atoms with Crippen molar-refractivity contribution in [1.29, 1.82) is 0 Å². The molecular formula is C17H17NO3. The summed E-state index contributed by atoms with van der Waals surface area (Å²) < 4.78 is 5.05. The number of esters is 1. The largest absolute Gasteiger partial charge is 0.462 e. The summed E-state index contributed by atoms with van der Waals surface area (Å²) >= 11 is 0. The number of nitrogens with zero attached hydrogens (tertiary/aromatic N) is 1. The van der Waals surface area contributed by atoms with Gasteiger partial charge in [0.1, 0.15) is 0 Å². The molecule has 0 atom stereocenters. The third-order valence-electron chi connectivity index (χ3n) is 2.85. The van der Waals surface area contributed by atoms with Crippen molar-refractivity contribution in [2.45, 2.75) is 6.92 Å². The molecule has 2 aromatic carbocycles. The van der Waals surface area contributed by atoms with Crippen LogP contribution in [-0.2, 0) is 9.53 Å². The Morgan fingerprint density at radius 2 is 1.67 bits per heavy atom. The Morgan fingerprint density at radius 3 is 2.24 bits per heavy atom. The number of carbonyl (C=O) groups is 1. The molecule has 0 spiro atoms. The molecule has 0 aromatic heterocycles. The molecular weight excluding hydrogens is 266 g/mol. The lowest BCUT2D eigenvalue weighted by molar-refractivity contribution is -0.136. The lowest BCUT2D eigenvalue weighted by atomic mass is 10.1. The Hall–Kier alpha value is -2.59. The van der Waals surface area contributed by atoms with E-state index in [0.29, 0.717) is 16.8 Å². The van der Waals surface area contributed by atoms with E-state index >= 15 is 0 Å². The predicted molar refractivity (Wildman–Crippen MR) is 81.8 cm³/mol. The molecule has 0 saturated heterocycles. The van der Waals surface area contributed by atoms with E-state index in [9.17, 15) is 10.0 Å². The van der Waals surface area contributed by atoms with Crippen LogP contribution >= 0.6 is 0 Å². The predicted octanol–water partition coefficient (Wildman–Crippen LogP) is 3.49. The van der Waals surface area contributed by atoms with Gasteiger partial charge in [0.05, 0.1) is 17.9 Å². The first-order valence-electron chi connectivity index (χ1n) is 6.70. The molecule has 0 heterocycles. The molecule has 0 saturated carbocycles. The Bertz CT molecular complexity index is 608. The number of hydrogen-bond acceptors (Lipinski definition) is 4. The Balaban J connectivity index is 2.35. The number of para-hydroxylation sites is 1. The molecule has 0 bridgehead atoms. The van der Waals surface area contributed by atoms with E-state index in [0.717, 1.165) is 5.06 Å². The number of carbonyl (C=O) groups excluding carboxylic acids is 1. The van der Waals surface area contributed by atoms with Crippen LogP contribution < -0.4 is 5.06 Å². The van der Waals surface area contributed by atoms with Crippen molar-refractivity contribution in [1.82, 2.24) is 0 Å². The molecule has 0 aliphatic carbocycles. The van der Waals surface area contributed by atoms with Gasteiger partial charge in [0.15, 0.2) is 0 Å². The zero-order chi connectivity index (χ0) is 15.1. The maximum atomic E-state index is 12.1. The second kappa shape index (κ2) is 7.26. The minimum absolute atomic E-state index is 0.278. The van der Waals surface area contributed by atoms with Crippen LogP contribution in [0.25, 0.3) is 5.57 Å². The molecule has 21 heavy (non-hydrogen) atoms. The van der Waals surface area contributed by atoms with E-state index in [2.05, 4.69) is 0 Å². The van der Waals surface area contributed by atoms with Gasteiger partial charge in [0.25, 0.3) is 0 Å². The molecule has 0 aliphatic heterocycles. The quantitative estimate of drug-likeness (QED) is 0.518. The van der Waals surface area contributed by atoms with Gasteiger partial charge in [-0.25, -0.2) is 9.86 Å². The lowest BCUT2D eigenvalue weighted by Gasteiger charge is -2.14. The maximum absolute atomic E-state index is 12.1. The van der Waals surface area contributed by atoms with Crippen LogP contribution in [0.15, 0.2) is 66.9 Å². The molecule has 0 fully saturated rings. The number of hydroxylamine groups is 1. The summed E-state index contributed by atoms with van der Waals surface area (Å²) in [5.74, 6) is -0.473. The lowest BCUT2D eigenvalue weighted by Crippen LogP contribution is -2.14. The average molecular weight is 283 g/mol. The van der Waals surface area contributed by atoms with Crippen LogP contribution in [0.3, 0.4) is 0 Å². The average Bonchev–Trinajstić information content (AvgIpc) is 2.54. The topological polar surface area (TPSA) is 49.8 Å². The summed E-state index contributed by atoms with van der Waals surface area (Å²) in [7, 11) is 0. The van der Waals surface area contributed by atoms with Gasteiger partial charge in [-0.05, 0) is 24.6 Å². The third kappa shape index (κ3) is 3.94. The second-order valence-corrected chi connectivity index (χ2v) is 4.31. The second-order valence-electron chi connectivity index (χ2n) is 4.31. The molecule has 0 aliphatic rings. The molecule has 1 N–H and O–H groups in total. The Labute approximate surface area is 123 Å². The fourth-order valence-electron chi connectivity index (χ4n) is 1.85. The highest BCUT2D eigenvalue weighted by molar-refractivity contribution is 6.16. The van der Waals surface area contributed by atoms with Crippen molar-refractivity contribution in [2.24, 2.45) is 0 Å². The summed E-state index contributed by atoms with van der Waals surface area (Å²) in [6.07, 6.45) is 1.36. The summed E-state index contributed by atoms with van der Waals surface area (Å²) in [4.78, 5) is 12.1. The van der Waals surface area contributed by atoms with Gasteiger partial charge in [-0.15, -0.1) is 0 Å². The minimum Gasteiger partial charge on any atom is -0.462 e. The fourth-order valence-corrected chi connectivity index (χ4v) is 1.85. The molecule has 108 valence electrons. The number of ether oxygens (including phenoxy) is 1. The smallest absolute Gasteiger partial charge is 0.340 e. The molecule has 4 nitrogen and oxygen atoms in total. The van der Waals surface area contributed by atoms with Crippen molar-refractivity contribution >= 4 is 17.2 Å². The van der Waals surface area contributed by atoms with Gasteiger partial charge < -0.3 is 4.74 Å². The highest BCUT2D eigenvalue weighted by atomic mass is 16.5. The van der Waals surface area contributed by atoms with Gasteiger partial charge in [-0.1, -0.05) is 48.5 Å². The van der Waals surface area contributed by atoms with Crippen LogP contribution in [0.4, 0.5) is 5.69 Å². The van der Waals surface area contributed by atoms with E-state index < -0.39 is 5.97 Å². The zero-order valence-corrected chi connectivity index (χ0v) is 11.8. The van der Waals surface area contributed by atoms with Crippen molar-refractivity contribution in [3.8, 4) is 0 Å². The summed E-state index contributed by atoms with van der Waals surface area (Å²) in [5.41, 5.74) is 1.55. The number of rotatable bonds is 5. The minimum atomic E-state index is -0.473. The van der Waals surface area contributed by atoms with E-state index in [1.165, 1.54) is 6.20 Å². The summed E-state index contributed by atoms with van der Waals surface area (Å²) in [6, 6.07) is 18.0. The van der Waals surface area contributed by atoms with Crippen LogP contribution in [0.1, 0.15) is 12.5 Å².